The van der Waals surface area contributed by atoms with E-state index >= 15 is 0 Å². The average Bonchev–Trinajstić information content (AvgIpc) is 2.38. The summed E-state index contributed by atoms with van der Waals surface area (Å²) in [5, 5.41) is 3.42. The molecule has 4 heteroatoms. The third-order valence-corrected chi connectivity index (χ3v) is 3.75. The fraction of sp³-hybridized carbons (Fsp3) is 0.562. The van der Waals surface area contributed by atoms with Crippen molar-refractivity contribution in [1.29, 1.82) is 0 Å². The molecule has 0 aromatic heterocycles. The molecule has 1 amide bonds. The van der Waals surface area contributed by atoms with E-state index in [-0.39, 0.29) is 29.2 Å². The van der Waals surface area contributed by atoms with Gasteiger partial charge in [0.1, 0.15) is 5.82 Å². The molecule has 2 rings (SSSR count). The first-order valence-corrected chi connectivity index (χ1v) is 7.09. The lowest BCUT2D eigenvalue weighted by Crippen LogP contribution is -2.56. The third kappa shape index (κ3) is 3.18. The number of nitrogens with one attached hydrogen (secondary N) is 1. The minimum absolute atomic E-state index is 0.0677. The van der Waals surface area contributed by atoms with Crippen LogP contribution in [-0.4, -0.2) is 29.9 Å². The van der Waals surface area contributed by atoms with Gasteiger partial charge in [0.05, 0.1) is 0 Å². The normalized spacial score (nSPS) is 23.8. The van der Waals surface area contributed by atoms with E-state index in [9.17, 15) is 9.18 Å². The maximum atomic E-state index is 13.0. The van der Waals surface area contributed by atoms with Gasteiger partial charge < -0.3 is 10.2 Å². The van der Waals surface area contributed by atoms with E-state index in [0.717, 1.165) is 12.1 Å². The van der Waals surface area contributed by atoms with E-state index in [1.165, 1.54) is 12.1 Å². The highest BCUT2D eigenvalue weighted by Crippen LogP contribution is 2.25. The van der Waals surface area contributed by atoms with Crippen molar-refractivity contribution in [2.24, 2.45) is 5.41 Å². The van der Waals surface area contributed by atoms with E-state index in [1.54, 1.807) is 12.1 Å². The molecule has 1 N–H and O–H groups in total. The van der Waals surface area contributed by atoms with E-state index in [0.29, 0.717) is 6.54 Å². The Morgan fingerprint density at radius 2 is 1.90 bits per heavy atom. The molecule has 110 valence electrons. The summed E-state index contributed by atoms with van der Waals surface area (Å²) in [5.74, 6) is -0.0702. The van der Waals surface area contributed by atoms with Gasteiger partial charge in [-0.1, -0.05) is 32.9 Å². The van der Waals surface area contributed by atoms with Crippen LogP contribution in [0.4, 0.5) is 4.39 Å². The first-order chi connectivity index (χ1) is 9.29. The quantitative estimate of drug-likeness (QED) is 0.856. The Bertz CT molecular complexity index is 478. The second kappa shape index (κ2) is 5.52. The third-order valence-electron chi connectivity index (χ3n) is 3.75. The van der Waals surface area contributed by atoms with Gasteiger partial charge in [-0.15, -0.1) is 0 Å². The van der Waals surface area contributed by atoms with Gasteiger partial charge in [0.15, 0.2) is 0 Å². The molecule has 2 atom stereocenters. The lowest BCUT2D eigenvalue weighted by molar-refractivity contribution is -0.143. The van der Waals surface area contributed by atoms with Crippen molar-refractivity contribution < 1.29 is 9.18 Å². The van der Waals surface area contributed by atoms with Gasteiger partial charge in [-0.05, 0) is 24.6 Å². The van der Waals surface area contributed by atoms with Crippen molar-refractivity contribution in [2.45, 2.75) is 39.8 Å². The summed E-state index contributed by atoms with van der Waals surface area (Å²) < 4.78 is 13.0. The molecular weight excluding hydrogens is 255 g/mol. The van der Waals surface area contributed by atoms with E-state index < -0.39 is 0 Å². The smallest absolute Gasteiger partial charge is 0.228 e. The van der Waals surface area contributed by atoms with Crippen LogP contribution in [0, 0.1) is 11.2 Å². The Hall–Kier alpha value is -1.42. The Morgan fingerprint density at radius 1 is 1.30 bits per heavy atom. The number of rotatable bonds is 1. The Kier molecular flexibility index (Phi) is 4.14. The summed E-state index contributed by atoms with van der Waals surface area (Å²) in [4.78, 5) is 14.4. The van der Waals surface area contributed by atoms with Crippen molar-refractivity contribution in [1.82, 2.24) is 10.2 Å². The zero-order chi connectivity index (χ0) is 14.9. The fourth-order valence-corrected chi connectivity index (χ4v) is 2.50. The topological polar surface area (TPSA) is 32.3 Å². The zero-order valence-electron chi connectivity index (χ0n) is 12.6. The first kappa shape index (κ1) is 15.0. The standard InChI is InChI=1S/C16H23FN2O/c1-11-9-18-14(12-5-7-13(17)8-6-12)10-19(11)15(20)16(2,3)4/h5-8,11,14,18H,9-10H2,1-4H3/t11-,14-/m0/s1. The Morgan fingerprint density at radius 3 is 2.45 bits per heavy atom. The van der Waals surface area contributed by atoms with Crippen LogP contribution in [0.2, 0.25) is 0 Å². The maximum Gasteiger partial charge on any atom is 0.228 e. The molecule has 1 saturated heterocycles. The summed E-state index contributed by atoms with van der Waals surface area (Å²) in [6.45, 7) is 9.26. The zero-order valence-corrected chi connectivity index (χ0v) is 12.6. The van der Waals surface area contributed by atoms with E-state index in [1.807, 2.05) is 25.7 Å². The molecule has 20 heavy (non-hydrogen) atoms. The average molecular weight is 278 g/mol. The summed E-state index contributed by atoms with van der Waals surface area (Å²) in [6, 6.07) is 6.73. The SMILES string of the molecule is C[C@H]1CN[C@H](c2ccc(F)cc2)CN1C(=O)C(C)(C)C. The number of benzene rings is 1. The van der Waals surface area contributed by atoms with E-state index in [2.05, 4.69) is 12.2 Å². The lowest BCUT2D eigenvalue weighted by atomic mass is 9.92. The minimum Gasteiger partial charge on any atom is -0.336 e. The van der Waals surface area contributed by atoms with Crippen molar-refractivity contribution in [3.8, 4) is 0 Å². The predicted octanol–water partition coefficient (Wildman–Crippen LogP) is 2.73. The summed E-state index contributed by atoms with van der Waals surface area (Å²) in [5.41, 5.74) is 0.642. The van der Waals surface area contributed by atoms with Crippen molar-refractivity contribution in [3.63, 3.8) is 0 Å². The number of carbonyl (C=O) groups excluding carboxylic acids is 1. The first-order valence-electron chi connectivity index (χ1n) is 7.09. The molecule has 0 bridgehead atoms. The molecule has 0 spiro atoms. The van der Waals surface area contributed by atoms with Gasteiger partial charge in [-0.25, -0.2) is 4.39 Å². The molecule has 1 aliphatic rings. The number of piperazine rings is 1. The molecule has 1 fully saturated rings. The molecule has 1 aromatic carbocycles. The molecular formula is C16H23FN2O. The molecule has 0 saturated carbocycles. The monoisotopic (exact) mass is 278 g/mol. The van der Waals surface area contributed by atoms with Crippen LogP contribution in [0.5, 0.6) is 0 Å². The highest BCUT2D eigenvalue weighted by atomic mass is 19.1. The van der Waals surface area contributed by atoms with Crippen LogP contribution < -0.4 is 5.32 Å². The number of halogens is 1. The second-order valence-corrected chi connectivity index (χ2v) is 6.57. The molecule has 1 aliphatic heterocycles. The molecule has 0 aliphatic carbocycles. The van der Waals surface area contributed by atoms with Crippen molar-refractivity contribution in [2.75, 3.05) is 13.1 Å². The minimum atomic E-state index is -0.376. The van der Waals surface area contributed by atoms with E-state index in [4.69, 9.17) is 0 Å². The summed E-state index contributed by atoms with van der Waals surface area (Å²) in [7, 11) is 0. The van der Waals surface area contributed by atoms with Crippen LogP contribution in [0.3, 0.4) is 0 Å². The van der Waals surface area contributed by atoms with Gasteiger partial charge in [-0.2, -0.15) is 0 Å². The predicted molar refractivity (Wildman–Crippen MR) is 77.8 cm³/mol. The molecule has 1 aromatic rings. The van der Waals surface area contributed by atoms with Crippen LogP contribution in [0.1, 0.15) is 39.3 Å². The maximum absolute atomic E-state index is 13.0. The largest absolute Gasteiger partial charge is 0.336 e. The van der Waals surface area contributed by atoms with Crippen LogP contribution >= 0.6 is 0 Å². The van der Waals surface area contributed by atoms with Crippen LogP contribution in [0.15, 0.2) is 24.3 Å². The van der Waals surface area contributed by atoms with Gasteiger partial charge in [-0.3, -0.25) is 4.79 Å². The number of nitrogens with zero attached hydrogens (tertiary/aromatic N) is 1. The Labute approximate surface area is 120 Å². The van der Waals surface area contributed by atoms with Gasteiger partial charge in [0, 0.05) is 30.6 Å². The number of amides is 1. The highest BCUT2D eigenvalue weighted by Gasteiger charge is 2.34. The van der Waals surface area contributed by atoms with Gasteiger partial charge in [0.2, 0.25) is 5.91 Å². The molecule has 0 unspecified atom stereocenters. The van der Waals surface area contributed by atoms with Gasteiger partial charge >= 0.3 is 0 Å². The number of hydrogen-bond acceptors (Lipinski definition) is 2. The summed E-state index contributed by atoms with van der Waals surface area (Å²) >= 11 is 0. The molecule has 1 heterocycles. The van der Waals surface area contributed by atoms with Crippen molar-refractivity contribution >= 4 is 5.91 Å². The summed E-state index contributed by atoms with van der Waals surface area (Å²) in [6.07, 6.45) is 0. The van der Waals surface area contributed by atoms with Crippen molar-refractivity contribution in [3.05, 3.63) is 35.6 Å². The van der Waals surface area contributed by atoms with Crippen LogP contribution in [-0.2, 0) is 4.79 Å². The highest BCUT2D eigenvalue weighted by molar-refractivity contribution is 5.82. The molecule has 3 nitrogen and oxygen atoms in total. The van der Waals surface area contributed by atoms with Gasteiger partial charge in [0.25, 0.3) is 0 Å². The lowest BCUT2D eigenvalue weighted by Gasteiger charge is -2.41. The number of hydrogen-bond donors (Lipinski definition) is 1. The Balaban J connectivity index is 2.16. The van der Waals surface area contributed by atoms with Crippen LogP contribution in [0.25, 0.3) is 0 Å². The molecule has 0 radical (unpaired) electrons. The fourth-order valence-electron chi connectivity index (χ4n) is 2.50. The number of carbonyl (C=O) groups is 1. The second-order valence-electron chi connectivity index (χ2n) is 6.57.